The maximum atomic E-state index is 13.0. The third-order valence-electron chi connectivity index (χ3n) is 5.13. The standard InChI is InChI=1S/C16H13BrF3NO/c17-13-4-3-10(6-12(13)16(18,19)20)21-7-11-8-1-2-9(5-8)14(11)15(21)22/h1-4,6,8-9,11,14H,5,7H2/t8?,9?,11-,14+/m1/s1. The van der Waals surface area contributed by atoms with Gasteiger partial charge in [0.05, 0.1) is 5.56 Å². The van der Waals surface area contributed by atoms with E-state index in [2.05, 4.69) is 28.1 Å². The van der Waals surface area contributed by atoms with E-state index in [0.717, 1.165) is 12.5 Å². The average molecular weight is 372 g/mol. The first kappa shape index (κ1) is 14.3. The molecule has 4 atom stereocenters. The van der Waals surface area contributed by atoms with Gasteiger partial charge in [-0.3, -0.25) is 4.79 Å². The van der Waals surface area contributed by atoms with Gasteiger partial charge in [0.1, 0.15) is 0 Å². The zero-order valence-corrected chi connectivity index (χ0v) is 13.1. The van der Waals surface area contributed by atoms with Crippen LogP contribution in [-0.2, 0) is 11.0 Å². The van der Waals surface area contributed by atoms with Crippen LogP contribution in [0.2, 0.25) is 0 Å². The largest absolute Gasteiger partial charge is 0.417 e. The van der Waals surface area contributed by atoms with Gasteiger partial charge in [-0.25, -0.2) is 0 Å². The third-order valence-corrected chi connectivity index (χ3v) is 5.83. The van der Waals surface area contributed by atoms with E-state index in [1.807, 2.05) is 0 Å². The van der Waals surface area contributed by atoms with E-state index < -0.39 is 11.7 Å². The van der Waals surface area contributed by atoms with Crippen LogP contribution in [0.5, 0.6) is 0 Å². The summed E-state index contributed by atoms with van der Waals surface area (Å²) in [5.41, 5.74) is -0.398. The molecule has 2 unspecified atom stereocenters. The van der Waals surface area contributed by atoms with E-state index in [4.69, 9.17) is 0 Å². The van der Waals surface area contributed by atoms with Gasteiger partial charge >= 0.3 is 6.18 Å². The molecular formula is C16H13BrF3NO. The number of halogens is 4. The number of nitrogens with zero attached hydrogens (tertiary/aromatic N) is 1. The third kappa shape index (κ3) is 1.96. The quantitative estimate of drug-likeness (QED) is 0.675. The highest BCUT2D eigenvalue weighted by molar-refractivity contribution is 9.10. The van der Waals surface area contributed by atoms with Crippen molar-refractivity contribution in [2.75, 3.05) is 11.4 Å². The molecule has 1 heterocycles. The molecule has 0 aromatic heterocycles. The number of fused-ring (bicyclic) bond motifs is 5. The van der Waals surface area contributed by atoms with E-state index in [9.17, 15) is 18.0 Å². The molecule has 22 heavy (non-hydrogen) atoms. The molecule has 2 aliphatic carbocycles. The molecule has 4 rings (SSSR count). The lowest BCUT2D eigenvalue weighted by Gasteiger charge is -2.21. The Morgan fingerprint density at radius 3 is 2.59 bits per heavy atom. The van der Waals surface area contributed by atoms with Crippen molar-refractivity contribution in [2.45, 2.75) is 12.6 Å². The summed E-state index contributed by atoms with van der Waals surface area (Å²) in [6.45, 7) is 0.522. The number of allylic oxidation sites excluding steroid dienone is 2. The minimum absolute atomic E-state index is 0.00248. The number of amides is 1. The molecule has 1 aliphatic heterocycles. The summed E-state index contributed by atoms with van der Waals surface area (Å²) < 4.78 is 39.1. The number of anilines is 1. The topological polar surface area (TPSA) is 20.3 Å². The number of rotatable bonds is 1. The van der Waals surface area contributed by atoms with E-state index >= 15 is 0 Å². The molecule has 6 heteroatoms. The van der Waals surface area contributed by atoms with Crippen LogP contribution in [0.15, 0.2) is 34.8 Å². The first-order valence-electron chi connectivity index (χ1n) is 7.22. The second-order valence-corrected chi connectivity index (χ2v) is 7.10. The highest BCUT2D eigenvalue weighted by Gasteiger charge is 2.54. The van der Waals surface area contributed by atoms with Gasteiger partial charge < -0.3 is 4.90 Å². The summed E-state index contributed by atoms with van der Waals surface area (Å²) in [6, 6.07) is 4.01. The number of hydrogen-bond donors (Lipinski definition) is 0. The number of carbonyl (C=O) groups is 1. The summed E-state index contributed by atoms with van der Waals surface area (Å²) in [5.74, 6) is 0.845. The van der Waals surface area contributed by atoms with Crippen molar-refractivity contribution in [2.24, 2.45) is 23.7 Å². The van der Waals surface area contributed by atoms with Crippen molar-refractivity contribution < 1.29 is 18.0 Å². The van der Waals surface area contributed by atoms with Crippen molar-refractivity contribution in [1.82, 2.24) is 0 Å². The van der Waals surface area contributed by atoms with Crippen molar-refractivity contribution in [1.29, 1.82) is 0 Å². The minimum atomic E-state index is -4.44. The van der Waals surface area contributed by atoms with Crippen molar-refractivity contribution in [3.63, 3.8) is 0 Å². The molecule has 1 aromatic carbocycles. The highest BCUT2D eigenvalue weighted by atomic mass is 79.9. The summed E-state index contributed by atoms with van der Waals surface area (Å²) in [7, 11) is 0. The lowest BCUT2D eigenvalue weighted by Crippen LogP contribution is -2.29. The van der Waals surface area contributed by atoms with Crippen LogP contribution in [0.1, 0.15) is 12.0 Å². The second kappa shape index (κ2) is 4.60. The lowest BCUT2D eigenvalue weighted by atomic mass is 9.86. The lowest BCUT2D eigenvalue weighted by molar-refractivity contribution is -0.138. The Morgan fingerprint density at radius 1 is 1.18 bits per heavy atom. The molecule has 3 aliphatic rings. The maximum Gasteiger partial charge on any atom is 0.417 e. The van der Waals surface area contributed by atoms with Gasteiger partial charge in [0.25, 0.3) is 0 Å². The Hall–Kier alpha value is -1.30. The second-order valence-electron chi connectivity index (χ2n) is 6.25. The van der Waals surface area contributed by atoms with Gasteiger partial charge in [0.2, 0.25) is 5.91 Å². The fourth-order valence-corrected chi connectivity index (χ4v) is 4.62. The molecule has 1 saturated heterocycles. The number of alkyl halides is 3. The molecule has 1 aromatic rings. The summed E-state index contributed by atoms with van der Waals surface area (Å²) in [4.78, 5) is 14.2. The first-order valence-corrected chi connectivity index (χ1v) is 8.02. The zero-order valence-electron chi connectivity index (χ0n) is 11.5. The molecule has 0 radical (unpaired) electrons. The smallest absolute Gasteiger partial charge is 0.312 e. The van der Waals surface area contributed by atoms with Crippen LogP contribution >= 0.6 is 15.9 Å². The van der Waals surface area contributed by atoms with Crippen LogP contribution in [0.25, 0.3) is 0 Å². The predicted octanol–water partition coefficient (Wildman–Crippen LogP) is 4.25. The van der Waals surface area contributed by atoms with E-state index in [1.54, 1.807) is 6.07 Å². The first-order chi connectivity index (χ1) is 10.4. The molecule has 2 fully saturated rings. The van der Waals surface area contributed by atoms with E-state index in [0.29, 0.717) is 18.2 Å². The monoisotopic (exact) mass is 371 g/mol. The fourth-order valence-electron chi connectivity index (χ4n) is 4.15. The predicted molar refractivity (Wildman–Crippen MR) is 79.2 cm³/mol. The molecular weight excluding hydrogens is 359 g/mol. The molecule has 1 amide bonds. The molecule has 2 bridgehead atoms. The SMILES string of the molecule is O=C1[C@H]2C3C=CC(C3)[C@H]2CN1c1ccc(Br)c(C(F)(F)F)c1. The molecule has 0 spiro atoms. The molecule has 2 nitrogen and oxygen atoms in total. The summed E-state index contributed by atoms with van der Waals surface area (Å²) in [5, 5.41) is 0. The number of carbonyl (C=O) groups excluding carboxylic acids is 1. The van der Waals surface area contributed by atoms with Crippen molar-refractivity contribution in [3.05, 3.63) is 40.4 Å². The van der Waals surface area contributed by atoms with E-state index in [-0.39, 0.29) is 28.1 Å². The minimum Gasteiger partial charge on any atom is -0.312 e. The zero-order chi connectivity index (χ0) is 15.6. The molecule has 1 saturated carbocycles. The summed E-state index contributed by atoms with van der Waals surface area (Å²) in [6.07, 6.45) is 0.832. The van der Waals surface area contributed by atoms with Gasteiger partial charge in [-0.05, 0) is 42.4 Å². The van der Waals surface area contributed by atoms with Gasteiger partial charge in [-0.2, -0.15) is 13.2 Å². The van der Waals surface area contributed by atoms with Crippen molar-refractivity contribution >= 4 is 27.5 Å². The number of benzene rings is 1. The number of hydrogen-bond acceptors (Lipinski definition) is 1. The molecule has 0 N–H and O–H groups in total. The fraction of sp³-hybridized carbons (Fsp3) is 0.438. The average Bonchev–Trinajstić information content (AvgIpc) is 3.11. The van der Waals surface area contributed by atoms with Gasteiger partial charge in [0, 0.05) is 22.6 Å². The Bertz CT molecular complexity index is 684. The Balaban J connectivity index is 1.68. The normalized spacial score (nSPS) is 32.9. The van der Waals surface area contributed by atoms with Gasteiger partial charge in [0.15, 0.2) is 0 Å². The van der Waals surface area contributed by atoms with Gasteiger partial charge in [-0.15, -0.1) is 0 Å². The van der Waals surface area contributed by atoms with Crippen molar-refractivity contribution in [3.8, 4) is 0 Å². The molecule has 116 valence electrons. The van der Waals surface area contributed by atoms with Crippen LogP contribution < -0.4 is 4.90 Å². The Kier molecular flexibility index (Phi) is 2.99. The van der Waals surface area contributed by atoms with Crippen LogP contribution in [-0.4, -0.2) is 12.5 Å². The van der Waals surface area contributed by atoms with Crippen LogP contribution in [0, 0.1) is 23.7 Å². The summed E-state index contributed by atoms with van der Waals surface area (Å²) >= 11 is 2.93. The highest BCUT2D eigenvalue weighted by Crippen LogP contribution is 2.52. The Morgan fingerprint density at radius 2 is 1.91 bits per heavy atom. The van der Waals surface area contributed by atoms with Crippen LogP contribution in [0.3, 0.4) is 0 Å². The van der Waals surface area contributed by atoms with Gasteiger partial charge in [-0.1, -0.05) is 28.1 Å². The maximum absolute atomic E-state index is 13.0. The van der Waals surface area contributed by atoms with E-state index in [1.165, 1.54) is 11.0 Å². The van der Waals surface area contributed by atoms with Crippen LogP contribution in [0.4, 0.5) is 18.9 Å². The Labute approximate surface area is 134 Å².